The third-order valence-electron chi connectivity index (χ3n) is 4.86. The van der Waals surface area contributed by atoms with E-state index in [0.29, 0.717) is 33.7 Å². The number of nitrogens with one attached hydrogen (secondary N) is 1. The van der Waals surface area contributed by atoms with Crippen LogP contribution in [0, 0.1) is 5.82 Å². The van der Waals surface area contributed by atoms with Crippen LogP contribution in [0.25, 0.3) is 0 Å². The Morgan fingerprint density at radius 2 is 1.71 bits per heavy atom. The minimum Gasteiger partial charge on any atom is -0.493 e. The summed E-state index contributed by atoms with van der Waals surface area (Å²) in [7, 11) is 3.06. The average molecular weight is 486 g/mol. The number of carbonyl (C=O) groups excluding carboxylic acids is 1. The van der Waals surface area contributed by atoms with Crippen LogP contribution >= 0.6 is 11.6 Å². The van der Waals surface area contributed by atoms with Gasteiger partial charge in [0, 0.05) is 29.0 Å². The van der Waals surface area contributed by atoms with Crippen molar-refractivity contribution in [1.29, 1.82) is 0 Å². The molecule has 0 unspecified atom stereocenters. The molecule has 0 aliphatic heterocycles. The third-order valence-corrected chi connectivity index (χ3v) is 5.22. The van der Waals surface area contributed by atoms with Crippen LogP contribution in [0.4, 0.5) is 10.2 Å². The molecule has 0 spiro atoms. The zero-order valence-corrected chi connectivity index (χ0v) is 19.1. The Morgan fingerprint density at radius 1 is 1.00 bits per heavy atom. The normalized spacial score (nSPS) is 10.7. The van der Waals surface area contributed by atoms with Gasteiger partial charge in [-0.15, -0.1) is 0 Å². The molecule has 11 heteroatoms. The van der Waals surface area contributed by atoms with Gasteiger partial charge in [0.25, 0.3) is 5.91 Å². The monoisotopic (exact) mass is 485 g/mol. The van der Waals surface area contributed by atoms with E-state index in [0.717, 1.165) is 0 Å². The van der Waals surface area contributed by atoms with Crippen molar-refractivity contribution in [3.63, 3.8) is 0 Å². The van der Waals surface area contributed by atoms with Gasteiger partial charge >= 0.3 is 0 Å². The molecule has 0 aliphatic rings. The van der Waals surface area contributed by atoms with Crippen molar-refractivity contribution in [1.82, 2.24) is 19.6 Å². The molecule has 0 radical (unpaired) electrons. The molecule has 9 nitrogen and oxygen atoms in total. The first kappa shape index (κ1) is 23.1. The van der Waals surface area contributed by atoms with Crippen LogP contribution < -0.4 is 19.5 Å². The Morgan fingerprint density at radius 3 is 2.41 bits per heavy atom. The van der Waals surface area contributed by atoms with Crippen molar-refractivity contribution >= 4 is 23.3 Å². The number of halogens is 2. The molecule has 4 aromatic rings. The van der Waals surface area contributed by atoms with Gasteiger partial charge in [0.1, 0.15) is 5.82 Å². The van der Waals surface area contributed by atoms with Gasteiger partial charge in [-0.1, -0.05) is 23.7 Å². The number of carbonyl (C=O) groups is 1. The summed E-state index contributed by atoms with van der Waals surface area (Å²) < 4.78 is 33.3. The smallest absolute Gasteiger partial charge is 0.277 e. The maximum absolute atomic E-state index is 14.0. The van der Waals surface area contributed by atoms with Gasteiger partial charge in [0.15, 0.2) is 29.7 Å². The highest BCUT2D eigenvalue weighted by Gasteiger charge is 2.15. The predicted molar refractivity (Wildman–Crippen MR) is 123 cm³/mol. The van der Waals surface area contributed by atoms with Crippen LogP contribution in [0.2, 0.25) is 5.02 Å². The highest BCUT2D eigenvalue weighted by molar-refractivity contribution is 6.31. The predicted octanol–water partition coefficient (Wildman–Crippen LogP) is 4.23. The average Bonchev–Trinajstić information content (AvgIpc) is 3.49. The standard InChI is InChI=1S/C23H21ClFN5O4/c1-32-19-7-4-8-20(33-2)22(19)34-14-30-11-9-18(27-30)23(31)26-21-10-12-29(28-21)13-15-16(24)5-3-6-17(15)25/h3-12H,13-14H2,1-2H3,(H,26,28,31). The second-order valence-corrected chi connectivity index (χ2v) is 7.47. The van der Waals surface area contributed by atoms with E-state index in [1.54, 1.807) is 48.8 Å². The van der Waals surface area contributed by atoms with Crippen molar-refractivity contribution in [2.24, 2.45) is 0 Å². The quantitative estimate of drug-likeness (QED) is 0.381. The maximum Gasteiger partial charge on any atom is 0.277 e. The Hall–Kier alpha value is -4.05. The first-order valence-corrected chi connectivity index (χ1v) is 10.5. The van der Waals surface area contributed by atoms with E-state index in [9.17, 15) is 9.18 Å². The minimum absolute atomic E-state index is 0.0298. The van der Waals surface area contributed by atoms with Crippen molar-refractivity contribution in [3.05, 3.63) is 83.0 Å². The van der Waals surface area contributed by atoms with Crippen LogP contribution in [-0.2, 0) is 13.3 Å². The van der Waals surface area contributed by atoms with Gasteiger partial charge in [-0.2, -0.15) is 10.2 Å². The number of methoxy groups -OCH3 is 2. The summed E-state index contributed by atoms with van der Waals surface area (Å²) >= 11 is 6.07. The van der Waals surface area contributed by atoms with Gasteiger partial charge < -0.3 is 19.5 Å². The number of rotatable bonds is 9. The maximum atomic E-state index is 14.0. The zero-order chi connectivity index (χ0) is 24.1. The van der Waals surface area contributed by atoms with Crippen LogP contribution in [0.15, 0.2) is 60.9 Å². The topological polar surface area (TPSA) is 92.4 Å². The Kier molecular flexibility index (Phi) is 6.98. The summed E-state index contributed by atoms with van der Waals surface area (Å²) in [5, 5.41) is 11.4. The fraction of sp³-hybridized carbons (Fsp3) is 0.174. The molecule has 4 rings (SSSR count). The summed E-state index contributed by atoms with van der Waals surface area (Å²) in [4.78, 5) is 12.6. The summed E-state index contributed by atoms with van der Waals surface area (Å²) in [6, 6.07) is 12.9. The number of aromatic nitrogens is 4. The SMILES string of the molecule is COc1cccc(OC)c1OCn1ccc(C(=O)Nc2ccn(Cc3c(F)cccc3Cl)n2)n1. The molecule has 0 saturated heterocycles. The van der Waals surface area contributed by atoms with Crippen molar-refractivity contribution < 1.29 is 23.4 Å². The van der Waals surface area contributed by atoms with Gasteiger partial charge in [0.2, 0.25) is 5.75 Å². The second kappa shape index (κ2) is 10.3. The van der Waals surface area contributed by atoms with E-state index in [1.807, 2.05) is 0 Å². The Balaban J connectivity index is 1.38. The van der Waals surface area contributed by atoms with E-state index < -0.39 is 11.7 Å². The summed E-state index contributed by atoms with van der Waals surface area (Å²) in [5.41, 5.74) is 0.484. The number of ether oxygens (including phenoxy) is 3. The van der Waals surface area contributed by atoms with E-state index >= 15 is 0 Å². The summed E-state index contributed by atoms with van der Waals surface area (Å²) in [6.07, 6.45) is 3.22. The van der Waals surface area contributed by atoms with Crippen molar-refractivity contribution in [3.8, 4) is 17.2 Å². The lowest BCUT2D eigenvalue weighted by molar-refractivity contribution is 0.101. The molecule has 34 heavy (non-hydrogen) atoms. The molecule has 0 aliphatic carbocycles. The molecule has 2 aromatic heterocycles. The summed E-state index contributed by atoms with van der Waals surface area (Å²) in [5.74, 6) is 0.861. The van der Waals surface area contributed by atoms with Gasteiger partial charge in [0.05, 0.1) is 20.8 Å². The first-order valence-electron chi connectivity index (χ1n) is 10.1. The molecule has 1 amide bonds. The van der Waals surface area contributed by atoms with Gasteiger partial charge in [-0.3, -0.25) is 9.48 Å². The van der Waals surface area contributed by atoms with E-state index in [4.69, 9.17) is 25.8 Å². The van der Waals surface area contributed by atoms with Crippen LogP contribution in [0.1, 0.15) is 16.1 Å². The molecule has 0 bridgehead atoms. The molecule has 1 N–H and O–H groups in total. The van der Waals surface area contributed by atoms with E-state index in [-0.39, 0.29) is 19.0 Å². The summed E-state index contributed by atoms with van der Waals surface area (Å²) in [6.45, 7) is 0.155. The van der Waals surface area contributed by atoms with E-state index in [2.05, 4.69) is 15.5 Å². The lowest BCUT2D eigenvalue weighted by atomic mass is 10.2. The number of para-hydroxylation sites is 1. The van der Waals surface area contributed by atoms with Crippen molar-refractivity contribution in [2.75, 3.05) is 19.5 Å². The molecule has 0 saturated carbocycles. The lowest BCUT2D eigenvalue weighted by Gasteiger charge is -2.13. The third kappa shape index (κ3) is 5.12. The number of benzene rings is 2. The number of nitrogens with zero attached hydrogens (tertiary/aromatic N) is 4. The molecule has 0 atom stereocenters. The molecule has 2 aromatic carbocycles. The molecular formula is C23H21ClFN5O4. The molecule has 0 fully saturated rings. The number of amides is 1. The lowest BCUT2D eigenvalue weighted by Crippen LogP contribution is -2.15. The minimum atomic E-state index is -0.456. The Bertz CT molecular complexity index is 1260. The van der Waals surface area contributed by atoms with E-state index in [1.165, 1.54) is 35.7 Å². The number of anilines is 1. The molecular weight excluding hydrogens is 465 g/mol. The van der Waals surface area contributed by atoms with Crippen LogP contribution in [-0.4, -0.2) is 39.7 Å². The second-order valence-electron chi connectivity index (χ2n) is 7.06. The largest absolute Gasteiger partial charge is 0.493 e. The van der Waals surface area contributed by atoms with Crippen LogP contribution in [0.5, 0.6) is 17.2 Å². The first-order chi connectivity index (χ1) is 16.5. The zero-order valence-electron chi connectivity index (χ0n) is 18.4. The van der Waals surface area contributed by atoms with Crippen molar-refractivity contribution in [2.45, 2.75) is 13.3 Å². The Labute approximate surface area is 199 Å². The highest BCUT2D eigenvalue weighted by Crippen LogP contribution is 2.36. The molecule has 2 heterocycles. The highest BCUT2D eigenvalue weighted by atomic mass is 35.5. The number of hydrogen-bond acceptors (Lipinski definition) is 6. The molecule has 176 valence electrons. The van der Waals surface area contributed by atoms with Gasteiger partial charge in [-0.25, -0.2) is 9.07 Å². The van der Waals surface area contributed by atoms with Gasteiger partial charge in [-0.05, 0) is 30.3 Å². The fourth-order valence-electron chi connectivity index (χ4n) is 3.19. The fourth-order valence-corrected chi connectivity index (χ4v) is 3.41. The van der Waals surface area contributed by atoms with Crippen LogP contribution in [0.3, 0.4) is 0 Å². The number of hydrogen-bond donors (Lipinski definition) is 1.